The van der Waals surface area contributed by atoms with Crippen molar-refractivity contribution in [2.24, 2.45) is 0 Å². The summed E-state index contributed by atoms with van der Waals surface area (Å²) in [4.78, 5) is 24.8. The van der Waals surface area contributed by atoms with Crippen LogP contribution in [0.4, 0.5) is 0 Å². The number of carboxylic acid groups (broad SMARTS) is 1. The normalized spacial score (nSPS) is 10.9. The monoisotopic (exact) mass is 411 g/mol. The molecule has 0 saturated carbocycles. The summed E-state index contributed by atoms with van der Waals surface area (Å²) in [7, 11) is 0. The Bertz CT molecular complexity index is 1070. The van der Waals surface area contributed by atoms with Gasteiger partial charge in [-0.1, -0.05) is 40.9 Å². The Balaban J connectivity index is 2.37. The van der Waals surface area contributed by atoms with Gasteiger partial charge in [-0.25, -0.2) is 9.48 Å². The summed E-state index contributed by atoms with van der Waals surface area (Å²) >= 11 is 17.8. The van der Waals surface area contributed by atoms with E-state index in [-0.39, 0.29) is 27.1 Å². The summed E-state index contributed by atoms with van der Waals surface area (Å²) in [5.41, 5.74) is -0.260. The van der Waals surface area contributed by atoms with Crippen molar-refractivity contribution in [1.29, 1.82) is 0 Å². The lowest BCUT2D eigenvalue weighted by molar-refractivity contribution is 0.0695. The van der Waals surface area contributed by atoms with Crippen molar-refractivity contribution in [3.8, 4) is 16.9 Å². The van der Waals surface area contributed by atoms with Crippen LogP contribution in [0.5, 0.6) is 0 Å². The minimum Gasteiger partial charge on any atom is -0.477 e. The maximum Gasteiger partial charge on any atom is 0.341 e. The quantitative estimate of drug-likeness (QED) is 0.690. The number of aromatic nitrogens is 3. The van der Waals surface area contributed by atoms with Crippen LogP contribution < -0.4 is 5.43 Å². The fourth-order valence-corrected chi connectivity index (χ4v) is 3.09. The van der Waals surface area contributed by atoms with E-state index in [9.17, 15) is 14.7 Å². The second-order valence-electron chi connectivity index (χ2n) is 5.37. The van der Waals surface area contributed by atoms with Gasteiger partial charge in [-0.15, -0.1) is 0 Å². The summed E-state index contributed by atoms with van der Waals surface area (Å²) in [6.45, 7) is 2.25. The van der Waals surface area contributed by atoms with Crippen LogP contribution in [0.2, 0.25) is 15.2 Å². The number of aromatic carboxylic acids is 1. The zero-order chi connectivity index (χ0) is 19.0. The van der Waals surface area contributed by atoms with Gasteiger partial charge in [0.05, 0.1) is 15.7 Å². The fraction of sp³-hybridized carbons (Fsp3) is 0.118. The SMILES string of the molecule is CCn1cc(-n2ccc(Cl)n2)c(=O)c(C(=O)O)c1-c1ccc(Cl)c(Cl)c1. The number of hydrogen-bond donors (Lipinski definition) is 1. The molecule has 0 radical (unpaired) electrons. The lowest BCUT2D eigenvalue weighted by atomic mass is 10.0. The third kappa shape index (κ3) is 3.23. The van der Waals surface area contributed by atoms with Crippen molar-refractivity contribution in [1.82, 2.24) is 14.3 Å². The van der Waals surface area contributed by atoms with Gasteiger partial charge in [0.15, 0.2) is 5.15 Å². The largest absolute Gasteiger partial charge is 0.477 e. The number of benzene rings is 1. The molecule has 0 spiro atoms. The van der Waals surface area contributed by atoms with Gasteiger partial charge in [0.2, 0.25) is 5.43 Å². The molecule has 6 nitrogen and oxygen atoms in total. The van der Waals surface area contributed by atoms with Crippen molar-refractivity contribution < 1.29 is 9.90 Å². The van der Waals surface area contributed by atoms with E-state index in [2.05, 4.69) is 5.10 Å². The predicted octanol–water partition coefficient (Wildman–Crippen LogP) is 4.38. The number of aryl methyl sites for hydroxylation is 1. The lowest BCUT2D eigenvalue weighted by Crippen LogP contribution is -2.25. The number of nitrogens with zero attached hydrogens (tertiary/aromatic N) is 3. The molecule has 1 N–H and O–H groups in total. The highest BCUT2D eigenvalue weighted by Crippen LogP contribution is 2.30. The van der Waals surface area contributed by atoms with Gasteiger partial charge in [-0.05, 0) is 25.1 Å². The molecule has 0 saturated heterocycles. The minimum atomic E-state index is -1.35. The van der Waals surface area contributed by atoms with Gasteiger partial charge in [-0.3, -0.25) is 4.79 Å². The molecule has 2 aromatic heterocycles. The molecule has 1 aromatic carbocycles. The van der Waals surface area contributed by atoms with Crippen LogP contribution in [-0.4, -0.2) is 25.4 Å². The first-order valence-corrected chi connectivity index (χ1v) is 8.64. The van der Waals surface area contributed by atoms with Gasteiger partial charge in [0, 0.05) is 24.5 Å². The predicted molar refractivity (Wildman–Crippen MR) is 101 cm³/mol. The van der Waals surface area contributed by atoms with Gasteiger partial charge < -0.3 is 9.67 Å². The average molecular weight is 413 g/mol. The summed E-state index contributed by atoms with van der Waals surface area (Å²) in [5.74, 6) is -1.35. The Hall–Kier alpha value is -2.28. The summed E-state index contributed by atoms with van der Waals surface area (Å²) in [5, 5.41) is 14.5. The van der Waals surface area contributed by atoms with E-state index >= 15 is 0 Å². The number of hydrogen-bond acceptors (Lipinski definition) is 3. The maximum absolute atomic E-state index is 12.9. The Morgan fingerprint density at radius 1 is 1.19 bits per heavy atom. The van der Waals surface area contributed by atoms with E-state index in [0.29, 0.717) is 17.1 Å². The smallest absolute Gasteiger partial charge is 0.341 e. The van der Waals surface area contributed by atoms with Gasteiger partial charge in [-0.2, -0.15) is 5.10 Å². The zero-order valence-electron chi connectivity index (χ0n) is 13.4. The molecule has 0 bridgehead atoms. The molecule has 0 unspecified atom stereocenters. The molecule has 0 fully saturated rings. The van der Waals surface area contributed by atoms with Crippen molar-refractivity contribution in [3.05, 3.63) is 67.6 Å². The molecule has 26 heavy (non-hydrogen) atoms. The van der Waals surface area contributed by atoms with E-state index in [1.165, 1.54) is 29.2 Å². The van der Waals surface area contributed by atoms with Crippen molar-refractivity contribution >= 4 is 40.8 Å². The molecule has 0 aliphatic rings. The molecular weight excluding hydrogens is 401 g/mol. The number of halogens is 3. The van der Waals surface area contributed by atoms with Gasteiger partial charge in [0.1, 0.15) is 11.3 Å². The molecule has 0 amide bonds. The van der Waals surface area contributed by atoms with E-state index in [1.807, 2.05) is 6.92 Å². The standard InChI is InChI=1S/C17H12Cl3N3O3/c1-2-22-8-12(23-6-5-13(20)21-23)16(24)14(17(25)26)15(22)9-3-4-10(18)11(19)7-9/h3-8H,2H2,1H3,(H,25,26). The highest BCUT2D eigenvalue weighted by Gasteiger charge is 2.23. The average Bonchev–Trinajstić information content (AvgIpc) is 3.02. The molecule has 0 atom stereocenters. The molecular formula is C17H12Cl3N3O3. The van der Waals surface area contributed by atoms with Crippen LogP contribution in [0.3, 0.4) is 0 Å². The third-order valence-electron chi connectivity index (χ3n) is 3.81. The van der Waals surface area contributed by atoms with Crippen LogP contribution in [0.25, 0.3) is 16.9 Å². The Morgan fingerprint density at radius 3 is 2.46 bits per heavy atom. The van der Waals surface area contributed by atoms with E-state index in [1.54, 1.807) is 16.7 Å². The molecule has 3 aromatic rings. The Kier molecular flexibility index (Phi) is 5.09. The zero-order valence-corrected chi connectivity index (χ0v) is 15.7. The van der Waals surface area contributed by atoms with Crippen LogP contribution in [-0.2, 0) is 6.54 Å². The van der Waals surface area contributed by atoms with Crippen LogP contribution in [0, 0.1) is 0 Å². The molecule has 9 heteroatoms. The Morgan fingerprint density at radius 2 is 1.92 bits per heavy atom. The number of carboxylic acids is 1. The minimum absolute atomic E-state index is 0.0833. The first kappa shape index (κ1) is 18.5. The van der Waals surface area contributed by atoms with Crippen LogP contribution >= 0.6 is 34.8 Å². The first-order chi connectivity index (χ1) is 12.3. The second kappa shape index (κ2) is 7.15. The van der Waals surface area contributed by atoms with Crippen molar-refractivity contribution in [2.45, 2.75) is 13.5 Å². The topological polar surface area (TPSA) is 77.1 Å². The third-order valence-corrected chi connectivity index (χ3v) is 4.75. The van der Waals surface area contributed by atoms with E-state index in [0.717, 1.165) is 0 Å². The second-order valence-corrected chi connectivity index (χ2v) is 6.57. The maximum atomic E-state index is 12.9. The van der Waals surface area contributed by atoms with Crippen molar-refractivity contribution in [3.63, 3.8) is 0 Å². The van der Waals surface area contributed by atoms with Crippen LogP contribution in [0.15, 0.2) is 41.5 Å². The van der Waals surface area contributed by atoms with Crippen molar-refractivity contribution in [2.75, 3.05) is 0 Å². The number of carbonyl (C=O) groups is 1. The van der Waals surface area contributed by atoms with Gasteiger partial charge >= 0.3 is 5.97 Å². The molecule has 0 aliphatic carbocycles. The Labute approximate surface area is 163 Å². The van der Waals surface area contributed by atoms with Gasteiger partial charge in [0.25, 0.3) is 0 Å². The number of pyridine rings is 1. The summed E-state index contributed by atoms with van der Waals surface area (Å²) in [6.07, 6.45) is 3.03. The lowest BCUT2D eigenvalue weighted by Gasteiger charge is -2.17. The molecule has 0 aliphatic heterocycles. The highest BCUT2D eigenvalue weighted by molar-refractivity contribution is 6.42. The van der Waals surface area contributed by atoms with E-state index in [4.69, 9.17) is 34.8 Å². The number of rotatable bonds is 4. The highest BCUT2D eigenvalue weighted by atomic mass is 35.5. The summed E-state index contributed by atoms with van der Waals surface area (Å²) < 4.78 is 2.90. The molecule has 134 valence electrons. The fourth-order valence-electron chi connectivity index (χ4n) is 2.65. The van der Waals surface area contributed by atoms with E-state index < -0.39 is 11.4 Å². The summed E-state index contributed by atoms with van der Waals surface area (Å²) in [6, 6.07) is 6.20. The molecule has 2 heterocycles. The molecule has 3 rings (SSSR count). The first-order valence-electron chi connectivity index (χ1n) is 7.51. The van der Waals surface area contributed by atoms with Crippen LogP contribution in [0.1, 0.15) is 17.3 Å².